The zero-order valence-corrected chi connectivity index (χ0v) is 26.1. The zero-order chi connectivity index (χ0) is 29.6. The van der Waals surface area contributed by atoms with Crippen LogP contribution in [0.5, 0.6) is 23.0 Å². The number of nitrogens with zero attached hydrogens (tertiary/aromatic N) is 2. The van der Waals surface area contributed by atoms with Crippen LogP contribution in [0.4, 0.5) is 5.69 Å². The first kappa shape index (κ1) is 31.3. The third-order valence-electron chi connectivity index (χ3n) is 7.41. The Morgan fingerprint density at radius 3 is 2.07 bits per heavy atom. The van der Waals surface area contributed by atoms with E-state index in [-0.39, 0.29) is 22.7 Å². The van der Waals surface area contributed by atoms with Crippen molar-refractivity contribution >= 4 is 23.0 Å². The molecule has 0 aliphatic carbocycles. The fraction of sp³-hybridized carbons (Fsp3) is 0.206. The average molecular weight is 646 g/mol. The lowest BCUT2D eigenvalue weighted by Crippen LogP contribution is -3.00. The highest BCUT2D eigenvalue weighted by molar-refractivity contribution is 6.33. The first-order valence-corrected chi connectivity index (χ1v) is 13.6. The monoisotopic (exact) mass is 644 g/mol. The molecule has 0 aromatic heterocycles. The molecule has 0 spiro atoms. The molecule has 0 unspecified atom stereocenters. The third kappa shape index (κ3) is 6.73. The van der Waals surface area contributed by atoms with E-state index in [1.807, 2.05) is 48.5 Å². The van der Waals surface area contributed by atoms with Crippen molar-refractivity contribution in [1.82, 2.24) is 0 Å². The first-order valence-electron chi connectivity index (χ1n) is 13.6. The van der Waals surface area contributed by atoms with Crippen LogP contribution in [-0.2, 0) is 13.0 Å². The summed E-state index contributed by atoms with van der Waals surface area (Å²) in [6.07, 6.45) is 2.88. The molecule has 0 saturated carbocycles. The molecule has 222 valence electrons. The van der Waals surface area contributed by atoms with Crippen LogP contribution in [0.1, 0.15) is 27.8 Å². The van der Waals surface area contributed by atoms with E-state index in [1.54, 1.807) is 40.6 Å². The Labute approximate surface area is 261 Å². The average Bonchev–Trinajstić information content (AvgIpc) is 3.03. The highest BCUT2D eigenvalue weighted by Gasteiger charge is 2.32. The van der Waals surface area contributed by atoms with Crippen molar-refractivity contribution in [2.75, 3.05) is 35.0 Å². The van der Waals surface area contributed by atoms with Crippen LogP contribution in [0.2, 0.25) is 0 Å². The summed E-state index contributed by atoms with van der Waals surface area (Å²) in [5, 5.41) is 11.3. The molecule has 0 N–H and O–H groups in total. The van der Waals surface area contributed by atoms with Gasteiger partial charge in [-0.2, -0.15) is 0 Å². The third-order valence-corrected chi connectivity index (χ3v) is 7.41. The second-order valence-corrected chi connectivity index (χ2v) is 9.85. The Kier molecular flexibility index (Phi) is 10.2. The van der Waals surface area contributed by atoms with Crippen molar-refractivity contribution < 1.29 is 45.4 Å². The van der Waals surface area contributed by atoms with E-state index >= 15 is 0 Å². The number of allylic oxidation sites excluding steroid dienone is 1. The van der Waals surface area contributed by atoms with Gasteiger partial charge in [-0.15, -0.1) is 0 Å². The number of nitro groups is 1. The summed E-state index contributed by atoms with van der Waals surface area (Å²) in [7, 11) is 6.50. The maximum Gasteiger partial charge on any atom is 0.269 e. The minimum atomic E-state index is -0.393. The van der Waals surface area contributed by atoms with Crippen LogP contribution in [0.15, 0.2) is 84.9 Å². The summed E-state index contributed by atoms with van der Waals surface area (Å²) in [6.45, 7) is 1.46. The molecule has 0 atom stereocenters. The zero-order valence-electron chi connectivity index (χ0n) is 24.5. The number of hydrogen-bond donors (Lipinski definition) is 0. The predicted octanol–water partition coefficient (Wildman–Crippen LogP) is 3.43. The number of halogens is 1. The van der Waals surface area contributed by atoms with Gasteiger partial charge in [-0.25, -0.2) is 4.58 Å². The fourth-order valence-corrected chi connectivity index (χ4v) is 5.31. The maximum absolute atomic E-state index is 11.3. The minimum absolute atomic E-state index is 0. The van der Waals surface area contributed by atoms with Crippen molar-refractivity contribution in [3.63, 3.8) is 0 Å². The minimum Gasteiger partial charge on any atom is -1.00 e. The molecule has 0 radical (unpaired) electrons. The number of nitro benzene ring substituents is 1. The number of hydrogen-bond acceptors (Lipinski definition) is 6. The van der Waals surface area contributed by atoms with E-state index in [1.165, 1.54) is 17.7 Å². The van der Waals surface area contributed by atoms with Gasteiger partial charge in [0.15, 0.2) is 29.5 Å². The molecule has 4 aromatic rings. The highest BCUT2D eigenvalue weighted by atomic mass is 79.9. The van der Waals surface area contributed by atoms with Gasteiger partial charge in [0.2, 0.25) is 5.71 Å². The van der Waals surface area contributed by atoms with Crippen molar-refractivity contribution in [1.29, 1.82) is 0 Å². The van der Waals surface area contributed by atoms with Gasteiger partial charge in [0.1, 0.15) is 6.54 Å². The van der Waals surface area contributed by atoms with Gasteiger partial charge in [-0.05, 0) is 59.2 Å². The summed E-state index contributed by atoms with van der Waals surface area (Å²) in [4.78, 5) is 10.9. The molecule has 4 aromatic carbocycles. The second-order valence-electron chi connectivity index (χ2n) is 9.85. The molecule has 1 aliphatic heterocycles. The lowest BCUT2D eigenvalue weighted by Gasteiger charge is -2.23. The molecule has 0 bridgehead atoms. The van der Waals surface area contributed by atoms with Crippen molar-refractivity contribution in [3.8, 4) is 23.0 Å². The molecule has 0 amide bonds. The summed E-state index contributed by atoms with van der Waals surface area (Å²) in [5.41, 5.74) is 7.05. The Bertz CT molecular complexity index is 1670. The molecular formula is C34H33BrN2O6. The van der Waals surface area contributed by atoms with E-state index < -0.39 is 4.92 Å². The molecule has 43 heavy (non-hydrogen) atoms. The molecular weight excluding hydrogens is 612 g/mol. The molecule has 0 fully saturated rings. The first-order chi connectivity index (χ1) is 20.4. The second kappa shape index (κ2) is 14.0. The van der Waals surface area contributed by atoms with Crippen molar-refractivity contribution in [2.24, 2.45) is 0 Å². The van der Waals surface area contributed by atoms with Crippen LogP contribution in [0, 0.1) is 10.1 Å². The van der Waals surface area contributed by atoms with E-state index in [2.05, 4.69) is 22.8 Å². The molecule has 8 nitrogen and oxygen atoms in total. The van der Waals surface area contributed by atoms with Gasteiger partial charge in [-0.1, -0.05) is 36.4 Å². The Balaban J connectivity index is 0.00000423. The Hall–Kier alpha value is -4.63. The number of fused-ring (bicyclic) bond motifs is 1. The van der Waals surface area contributed by atoms with E-state index in [0.29, 0.717) is 29.5 Å². The van der Waals surface area contributed by atoms with Crippen LogP contribution in [0.25, 0.3) is 11.6 Å². The quantitative estimate of drug-likeness (QED) is 0.114. The van der Waals surface area contributed by atoms with Crippen LogP contribution < -0.4 is 35.9 Å². The van der Waals surface area contributed by atoms with Crippen LogP contribution in [-0.4, -0.2) is 50.2 Å². The van der Waals surface area contributed by atoms with Gasteiger partial charge >= 0.3 is 0 Å². The highest BCUT2D eigenvalue weighted by Crippen LogP contribution is 2.38. The smallest absolute Gasteiger partial charge is 0.269 e. The van der Waals surface area contributed by atoms with Gasteiger partial charge < -0.3 is 35.9 Å². The van der Waals surface area contributed by atoms with Gasteiger partial charge in [0.25, 0.3) is 5.69 Å². The SMILES string of the molecule is COc1ccc(/C(=C/c2ccc([N+](=O)[O-])cc2)C2=[N+](Cc3ccccc3)CCc3cc(OC)c(OC)cc32)cc1OC.[Br-]. The van der Waals surface area contributed by atoms with Crippen molar-refractivity contribution in [3.05, 3.63) is 123 Å². The number of non-ortho nitro benzene ring substituents is 1. The lowest BCUT2D eigenvalue weighted by atomic mass is 9.87. The summed E-state index contributed by atoms with van der Waals surface area (Å²) in [5.74, 6) is 2.54. The molecule has 9 heteroatoms. The lowest BCUT2D eigenvalue weighted by molar-refractivity contribution is -0.543. The van der Waals surface area contributed by atoms with Crippen LogP contribution in [0.3, 0.4) is 0 Å². The molecule has 0 saturated heterocycles. The largest absolute Gasteiger partial charge is 1.00 e. The normalized spacial score (nSPS) is 12.6. The molecule has 5 rings (SSSR count). The van der Waals surface area contributed by atoms with E-state index in [4.69, 9.17) is 18.9 Å². The molecule has 1 heterocycles. The standard InChI is InChI=1S/C34H33N2O6.BrH/c1-39-30-15-12-25(19-31(30)40-2)28(18-23-10-13-27(14-11-23)36(37)38)34-29-21-33(42-4)32(41-3)20-26(29)16-17-35(34)22-24-8-6-5-7-9-24;/h5-15,18-21H,16-17,22H2,1-4H3;1H/q+1;/p-1/b28-18-;. The maximum atomic E-state index is 11.3. The number of rotatable bonds is 10. The van der Waals surface area contributed by atoms with Gasteiger partial charge in [0, 0.05) is 24.1 Å². The Morgan fingerprint density at radius 1 is 0.814 bits per heavy atom. The topological polar surface area (TPSA) is 83.1 Å². The number of benzene rings is 4. The van der Waals surface area contributed by atoms with E-state index in [0.717, 1.165) is 46.5 Å². The predicted molar refractivity (Wildman–Crippen MR) is 163 cm³/mol. The molecule has 1 aliphatic rings. The van der Waals surface area contributed by atoms with E-state index in [9.17, 15) is 10.1 Å². The van der Waals surface area contributed by atoms with Gasteiger partial charge in [0.05, 0.1) is 44.5 Å². The fourth-order valence-electron chi connectivity index (χ4n) is 5.31. The number of methoxy groups -OCH3 is 4. The summed E-state index contributed by atoms with van der Waals surface area (Å²) >= 11 is 0. The number of ether oxygens (including phenoxy) is 4. The summed E-state index contributed by atoms with van der Waals surface area (Å²) < 4.78 is 25.0. The van der Waals surface area contributed by atoms with Crippen molar-refractivity contribution in [2.45, 2.75) is 13.0 Å². The summed E-state index contributed by atoms with van der Waals surface area (Å²) in [6, 6.07) is 26.8. The van der Waals surface area contributed by atoms with Gasteiger partial charge in [-0.3, -0.25) is 10.1 Å². The van der Waals surface area contributed by atoms with Crippen LogP contribution >= 0.6 is 0 Å². The Morgan fingerprint density at radius 2 is 1.44 bits per heavy atom.